The van der Waals surface area contributed by atoms with Crippen LogP contribution in [-0.4, -0.2) is 29.1 Å². The van der Waals surface area contributed by atoms with E-state index in [9.17, 15) is 9.59 Å². The molecule has 1 saturated carbocycles. The Hall–Kier alpha value is -0.900. The van der Waals surface area contributed by atoms with Gasteiger partial charge in [-0.3, -0.25) is 9.59 Å². The van der Waals surface area contributed by atoms with Crippen molar-refractivity contribution in [1.82, 2.24) is 0 Å². The second-order valence-electron chi connectivity index (χ2n) is 3.72. The fourth-order valence-corrected chi connectivity index (χ4v) is 1.99. The maximum atomic E-state index is 11.1. The Morgan fingerprint density at radius 3 is 3.08 bits per heavy atom. The lowest BCUT2D eigenvalue weighted by Gasteiger charge is -2.15. The van der Waals surface area contributed by atoms with Crippen molar-refractivity contribution in [2.75, 3.05) is 0 Å². The van der Waals surface area contributed by atoms with Crippen LogP contribution in [0.2, 0.25) is 0 Å². The number of aliphatic carboxylic acids is 1. The Kier molecular flexibility index (Phi) is 2.07. The Balaban J connectivity index is 1.82. The molecule has 4 nitrogen and oxygen atoms in total. The van der Waals surface area contributed by atoms with Gasteiger partial charge in [0.2, 0.25) is 0 Å². The molecule has 4 heteroatoms. The minimum Gasteiger partial charge on any atom is -0.481 e. The quantitative estimate of drug-likeness (QED) is 0.652. The Morgan fingerprint density at radius 1 is 1.62 bits per heavy atom. The van der Waals surface area contributed by atoms with E-state index in [0.717, 1.165) is 6.42 Å². The molecule has 1 aliphatic carbocycles. The van der Waals surface area contributed by atoms with Gasteiger partial charge in [-0.2, -0.15) is 0 Å². The minimum absolute atomic E-state index is 0.0422. The number of hydrogen-bond donors (Lipinski definition) is 1. The van der Waals surface area contributed by atoms with Gasteiger partial charge in [0.1, 0.15) is 6.10 Å². The zero-order chi connectivity index (χ0) is 9.42. The molecule has 2 rings (SSSR count). The molecule has 1 heterocycles. The molecule has 1 aliphatic heterocycles. The van der Waals surface area contributed by atoms with Crippen LogP contribution in [0.25, 0.3) is 0 Å². The summed E-state index contributed by atoms with van der Waals surface area (Å²) in [5.74, 6) is -0.288. The van der Waals surface area contributed by atoms with Gasteiger partial charge in [0.15, 0.2) is 5.78 Å². The SMILES string of the molecule is O=C(O)CC[C@H]1CCC(=O)[C@@H]2O[C@H]12. The van der Waals surface area contributed by atoms with Gasteiger partial charge in [0, 0.05) is 12.8 Å². The fraction of sp³-hybridized carbons (Fsp3) is 0.778. The lowest BCUT2D eigenvalue weighted by atomic mass is 9.85. The summed E-state index contributed by atoms with van der Waals surface area (Å²) in [6, 6.07) is 0. The summed E-state index contributed by atoms with van der Waals surface area (Å²) >= 11 is 0. The molecule has 2 fully saturated rings. The third-order valence-corrected chi connectivity index (χ3v) is 2.80. The molecular weight excluding hydrogens is 172 g/mol. The van der Waals surface area contributed by atoms with Crippen LogP contribution in [0.5, 0.6) is 0 Å². The number of rotatable bonds is 3. The molecule has 0 unspecified atom stereocenters. The van der Waals surface area contributed by atoms with Gasteiger partial charge in [-0.05, 0) is 18.8 Å². The van der Waals surface area contributed by atoms with Crippen molar-refractivity contribution < 1.29 is 19.4 Å². The third kappa shape index (κ3) is 1.72. The predicted molar refractivity (Wildman–Crippen MR) is 43.3 cm³/mol. The molecule has 13 heavy (non-hydrogen) atoms. The van der Waals surface area contributed by atoms with Crippen molar-refractivity contribution in [3.63, 3.8) is 0 Å². The highest BCUT2D eigenvalue weighted by molar-refractivity contribution is 5.86. The first kappa shape index (κ1) is 8.69. The summed E-state index contributed by atoms with van der Waals surface area (Å²) in [6.45, 7) is 0. The molecule has 2 aliphatic rings. The predicted octanol–water partition coefficient (Wildman–Crippen LogP) is 0.598. The average Bonchev–Trinajstić information content (AvgIpc) is 2.83. The molecule has 1 saturated heterocycles. The molecule has 0 spiro atoms. The molecule has 0 aromatic rings. The minimum atomic E-state index is -0.769. The summed E-state index contributed by atoms with van der Waals surface area (Å²) in [7, 11) is 0. The zero-order valence-electron chi connectivity index (χ0n) is 7.23. The highest BCUT2D eigenvalue weighted by atomic mass is 16.6. The van der Waals surface area contributed by atoms with Gasteiger partial charge >= 0.3 is 5.97 Å². The van der Waals surface area contributed by atoms with Crippen molar-refractivity contribution in [3.8, 4) is 0 Å². The van der Waals surface area contributed by atoms with E-state index in [4.69, 9.17) is 9.84 Å². The van der Waals surface area contributed by atoms with Crippen LogP contribution in [0.15, 0.2) is 0 Å². The van der Waals surface area contributed by atoms with Gasteiger partial charge in [-0.15, -0.1) is 0 Å². The lowest BCUT2D eigenvalue weighted by Crippen LogP contribution is -2.24. The molecule has 72 valence electrons. The number of fused-ring (bicyclic) bond motifs is 1. The number of ether oxygens (including phenoxy) is 1. The van der Waals surface area contributed by atoms with Crippen LogP contribution in [0.3, 0.4) is 0 Å². The molecule has 0 amide bonds. The van der Waals surface area contributed by atoms with Crippen LogP contribution in [0.1, 0.15) is 25.7 Å². The molecular formula is C9H12O4. The average molecular weight is 184 g/mol. The topological polar surface area (TPSA) is 66.9 Å². The number of carboxylic acid groups (broad SMARTS) is 1. The van der Waals surface area contributed by atoms with Crippen molar-refractivity contribution in [2.45, 2.75) is 37.9 Å². The smallest absolute Gasteiger partial charge is 0.303 e. The van der Waals surface area contributed by atoms with E-state index in [1.54, 1.807) is 0 Å². The number of ketones is 1. The molecule has 0 aromatic carbocycles. The second kappa shape index (κ2) is 3.10. The van der Waals surface area contributed by atoms with Crippen LogP contribution in [0.4, 0.5) is 0 Å². The molecule has 0 aromatic heterocycles. The van der Waals surface area contributed by atoms with E-state index in [0.29, 0.717) is 18.8 Å². The standard InChI is InChI=1S/C9H12O4/c10-6-3-1-5(2-4-7(11)12)8-9(6)13-8/h5,8-9H,1-4H2,(H,11,12)/t5-,8-,9+/m1/s1. The summed E-state index contributed by atoms with van der Waals surface area (Å²) in [5.41, 5.74) is 0. The highest BCUT2D eigenvalue weighted by Crippen LogP contribution is 2.40. The number of carboxylic acids is 1. The summed E-state index contributed by atoms with van der Waals surface area (Å²) < 4.78 is 5.19. The molecule has 1 N–H and O–H groups in total. The van der Waals surface area contributed by atoms with Crippen LogP contribution in [-0.2, 0) is 14.3 Å². The van der Waals surface area contributed by atoms with Gasteiger partial charge < -0.3 is 9.84 Å². The number of epoxide rings is 1. The second-order valence-corrected chi connectivity index (χ2v) is 3.72. The van der Waals surface area contributed by atoms with Crippen molar-refractivity contribution in [3.05, 3.63) is 0 Å². The fourth-order valence-electron chi connectivity index (χ4n) is 1.99. The number of carbonyl (C=O) groups excluding carboxylic acids is 1. The van der Waals surface area contributed by atoms with E-state index in [2.05, 4.69) is 0 Å². The molecule has 0 radical (unpaired) electrons. The third-order valence-electron chi connectivity index (χ3n) is 2.80. The first-order valence-corrected chi connectivity index (χ1v) is 4.58. The van der Waals surface area contributed by atoms with Gasteiger partial charge in [0.05, 0.1) is 6.10 Å². The summed E-state index contributed by atoms with van der Waals surface area (Å²) in [5, 5.41) is 8.49. The molecule has 3 atom stereocenters. The first-order valence-electron chi connectivity index (χ1n) is 4.58. The highest BCUT2D eigenvalue weighted by Gasteiger charge is 2.52. The Morgan fingerprint density at radius 2 is 2.38 bits per heavy atom. The largest absolute Gasteiger partial charge is 0.481 e. The van der Waals surface area contributed by atoms with E-state index >= 15 is 0 Å². The van der Waals surface area contributed by atoms with Gasteiger partial charge in [0.25, 0.3) is 0 Å². The van der Waals surface area contributed by atoms with Crippen LogP contribution >= 0.6 is 0 Å². The first-order chi connectivity index (χ1) is 6.18. The van der Waals surface area contributed by atoms with Crippen LogP contribution < -0.4 is 0 Å². The van der Waals surface area contributed by atoms with E-state index in [-0.39, 0.29) is 24.4 Å². The van der Waals surface area contributed by atoms with Crippen molar-refractivity contribution in [1.29, 1.82) is 0 Å². The van der Waals surface area contributed by atoms with Gasteiger partial charge in [-0.1, -0.05) is 0 Å². The summed E-state index contributed by atoms with van der Waals surface area (Å²) in [6.07, 6.45) is 2.04. The van der Waals surface area contributed by atoms with E-state index < -0.39 is 5.97 Å². The number of Topliss-reactive ketones (excluding diaryl/α,β-unsaturated/α-hetero) is 1. The van der Waals surface area contributed by atoms with Gasteiger partial charge in [-0.25, -0.2) is 0 Å². The lowest BCUT2D eigenvalue weighted by molar-refractivity contribution is -0.137. The number of carbonyl (C=O) groups is 2. The molecule has 0 bridgehead atoms. The van der Waals surface area contributed by atoms with E-state index in [1.165, 1.54) is 0 Å². The Labute approximate surface area is 75.9 Å². The van der Waals surface area contributed by atoms with Crippen LogP contribution in [0, 0.1) is 5.92 Å². The van der Waals surface area contributed by atoms with Crippen molar-refractivity contribution >= 4 is 11.8 Å². The van der Waals surface area contributed by atoms with Crippen molar-refractivity contribution in [2.24, 2.45) is 5.92 Å². The van der Waals surface area contributed by atoms with E-state index in [1.807, 2.05) is 0 Å². The summed E-state index contributed by atoms with van der Waals surface area (Å²) in [4.78, 5) is 21.4. The normalized spacial score (nSPS) is 36.9. The zero-order valence-corrected chi connectivity index (χ0v) is 7.23. The maximum Gasteiger partial charge on any atom is 0.303 e. The number of hydrogen-bond acceptors (Lipinski definition) is 3. The maximum absolute atomic E-state index is 11.1. The monoisotopic (exact) mass is 184 g/mol. The Bertz CT molecular complexity index is 248.